The quantitative estimate of drug-likeness (QED) is 0.315. The Hall–Kier alpha value is -4.24. The number of nitro benzene ring substituents is 1. The smallest absolute Gasteiger partial charge is 0.270 e. The Morgan fingerprint density at radius 3 is 2.45 bits per heavy atom. The van der Waals surface area contributed by atoms with Gasteiger partial charge in [-0.1, -0.05) is 24.3 Å². The number of nitrogens with zero attached hydrogens (tertiary/aromatic N) is 1. The van der Waals surface area contributed by atoms with Crippen LogP contribution in [0.25, 0.3) is 21.2 Å². The molecule has 33 heavy (non-hydrogen) atoms. The van der Waals surface area contributed by atoms with Crippen LogP contribution in [0.1, 0.15) is 10.4 Å². The lowest BCUT2D eigenvalue weighted by Gasteiger charge is -2.14. The summed E-state index contributed by atoms with van der Waals surface area (Å²) in [7, 11) is 3.01. The molecule has 0 saturated carbocycles. The number of non-ortho nitro benzene ring substituents is 1. The maximum Gasteiger partial charge on any atom is 0.270 e. The van der Waals surface area contributed by atoms with Crippen LogP contribution in [0.15, 0.2) is 71.5 Å². The lowest BCUT2D eigenvalue weighted by Crippen LogP contribution is -2.15. The van der Waals surface area contributed by atoms with Crippen molar-refractivity contribution in [2.45, 2.75) is 0 Å². The fraction of sp³-hybridized carbons (Fsp3) is 0.0833. The van der Waals surface area contributed by atoms with Crippen molar-refractivity contribution in [3.05, 3.63) is 92.6 Å². The van der Waals surface area contributed by atoms with Gasteiger partial charge in [0.25, 0.3) is 11.6 Å². The molecule has 9 heteroatoms. The Balaban J connectivity index is 1.87. The van der Waals surface area contributed by atoms with Gasteiger partial charge < -0.3 is 14.8 Å². The van der Waals surface area contributed by atoms with Crippen molar-refractivity contribution in [2.24, 2.45) is 0 Å². The second-order valence-corrected chi connectivity index (χ2v) is 8.01. The third-order valence-electron chi connectivity index (χ3n) is 5.02. The van der Waals surface area contributed by atoms with Crippen molar-refractivity contribution in [3.63, 3.8) is 0 Å². The van der Waals surface area contributed by atoms with E-state index >= 15 is 0 Å². The minimum absolute atomic E-state index is 0.107. The van der Waals surface area contributed by atoms with Crippen LogP contribution in [0.3, 0.4) is 0 Å². The van der Waals surface area contributed by atoms with Gasteiger partial charge in [0.15, 0.2) is 16.9 Å². The largest absolute Gasteiger partial charge is 0.493 e. The van der Waals surface area contributed by atoms with Gasteiger partial charge in [0.1, 0.15) is 5.00 Å². The minimum atomic E-state index is -0.569. The average Bonchev–Trinajstić information content (AvgIpc) is 2.84. The number of nitrogens with one attached hydrogen (secondary N) is 1. The van der Waals surface area contributed by atoms with Crippen LogP contribution >= 0.6 is 11.3 Å². The van der Waals surface area contributed by atoms with E-state index in [4.69, 9.17) is 9.47 Å². The highest BCUT2D eigenvalue weighted by atomic mass is 32.1. The van der Waals surface area contributed by atoms with E-state index in [1.165, 1.54) is 49.8 Å². The maximum absolute atomic E-state index is 13.5. The number of carbonyl (C=O) groups is 1. The molecule has 0 aliphatic carbocycles. The van der Waals surface area contributed by atoms with Crippen LogP contribution in [0, 0.1) is 10.1 Å². The summed E-state index contributed by atoms with van der Waals surface area (Å²) < 4.78 is 11.4. The number of methoxy groups -OCH3 is 2. The van der Waals surface area contributed by atoms with E-state index in [1.807, 2.05) is 0 Å². The Labute approximate surface area is 192 Å². The number of ether oxygens (including phenoxy) is 2. The van der Waals surface area contributed by atoms with Crippen LogP contribution in [0.5, 0.6) is 11.5 Å². The molecule has 0 unspecified atom stereocenters. The fourth-order valence-electron chi connectivity index (χ4n) is 3.42. The molecule has 0 radical (unpaired) electrons. The predicted octanol–water partition coefficient (Wildman–Crippen LogP) is 5.11. The first-order valence-corrected chi connectivity index (χ1v) is 10.6. The molecule has 0 spiro atoms. The van der Waals surface area contributed by atoms with Crippen LogP contribution in [0.4, 0.5) is 10.7 Å². The molecule has 0 fully saturated rings. The third kappa shape index (κ3) is 4.26. The van der Waals surface area contributed by atoms with E-state index < -0.39 is 10.8 Å². The summed E-state index contributed by atoms with van der Waals surface area (Å²) in [6.07, 6.45) is 0. The van der Waals surface area contributed by atoms with E-state index in [9.17, 15) is 19.7 Å². The topological polar surface area (TPSA) is 108 Å². The highest BCUT2D eigenvalue weighted by Crippen LogP contribution is 2.37. The van der Waals surface area contributed by atoms with Crippen LogP contribution in [0.2, 0.25) is 0 Å². The Morgan fingerprint density at radius 1 is 0.970 bits per heavy atom. The van der Waals surface area contributed by atoms with Crippen molar-refractivity contribution in [3.8, 4) is 22.6 Å². The molecule has 4 aromatic rings. The van der Waals surface area contributed by atoms with Crippen LogP contribution in [-0.4, -0.2) is 25.1 Å². The van der Waals surface area contributed by atoms with Crippen molar-refractivity contribution in [2.75, 3.05) is 19.5 Å². The number of anilines is 1. The number of amides is 1. The van der Waals surface area contributed by atoms with Crippen LogP contribution < -0.4 is 20.2 Å². The highest BCUT2D eigenvalue weighted by molar-refractivity contribution is 7.22. The first kappa shape index (κ1) is 22.0. The van der Waals surface area contributed by atoms with Crippen molar-refractivity contribution < 1.29 is 19.2 Å². The van der Waals surface area contributed by atoms with Crippen molar-refractivity contribution >= 4 is 38.0 Å². The normalized spacial score (nSPS) is 10.6. The molecule has 3 aromatic carbocycles. The summed E-state index contributed by atoms with van der Waals surface area (Å²) in [6, 6.07) is 17.6. The summed E-state index contributed by atoms with van der Waals surface area (Å²) in [5.74, 6) is 0.371. The zero-order valence-corrected chi connectivity index (χ0v) is 18.5. The zero-order valence-electron chi connectivity index (χ0n) is 17.7. The Morgan fingerprint density at radius 2 is 1.73 bits per heavy atom. The predicted molar refractivity (Wildman–Crippen MR) is 128 cm³/mol. The standard InChI is InChI=1S/C24H18N2O6S/c1-31-18-11-10-14(13-19(18)32-2)21-22(27)17-8-3-4-9-20(17)33-24(21)25-23(28)15-6-5-7-16(12-15)26(29)30/h3-13H,1-2H3,(H,25,28). The van der Waals surface area contributed by atoms with Gasteiger partial charge in [-0.3, -0.25) is 19.7 Å². The molecule has 0 saturated heterocycles. The second kappa shape index (κ2) is 9.09. The Kier molecular flexibility index (Phi) is 6.05. The van der Waals surface area contributed by atoms with Crippen LogP contribution in [-0.2, 0) is 0 Å². The molecule has 1 heterocycles. The number of fused-ring (bicyclic) bond motifs is 1. The molecule has 166 valence electrons. The molecule has 0 atom stereocenters. The molecular formula is C24H18N2O6S. The molecular weight excluding hydrogens is 444 g/mol. The molecule has 1 N–H and O–H groups in total. The number of hydrogen-bond donors (Lipinski definition) is 1. The van der Waals surface area contributed by atoms with Gasteiger partial charge in [0, 0.05) is 27.8 Å². The minimum Gasteiger partial charge on any atom is -0.493 e. The molecule has 0 aliphatic rings. The van der Waals surface area contributed by atoms with E-state index in [2.05, 4.69) is 5.32 Å². The third-order valence-corrected chi connectivity index (χ3v) is 6.10. The van der Waals surface area contributed by atoms with Gasteiger partial charge in [-0.05, 0) is 35.9 Å². The lowest BCUT2D eigenvalue weighted by atomic mass is 10.0. The monoisotopic (exact) mass is 462 g/mol. The number of hydrogen-bond acceptors (Lipinski definition) is 7. The summed E-state index contributed by atoms with van der Waals surface area (Å²) >= 11 is 1.24. The maximum atomic E-state index is 13.5. The molecule has 8 nitrogen and oxygen atoms in total. The van der Waals surface area contributed by atoms with Gasteiger partial charge in [-0.15, -0.1) is 11.3 Å². The summed E-state index contributed by atoms with van der Waals surface area (Å²) in [4.78, 5) is 36.9. The molecule has 0 bridgehead atoms. The number of nitro groups is 1. The van der Waals surface area contributed by atoms with Crippen molar-refractivity contribution in [1.82, 2.24) is 0 Å². The second-order valence-electron chi connectivity index (χ2n) is 6.96. The molecule has 1 amide bonds. The zero-order chi connectivity index (χ0) is 23.5. The van der Waals surface area contributed by atoms with E-state index in [1.54, 1.807) is 42.5 Å². The summed E-state index contributed by atoms with van der Waals surface area (Å²) in [6.45, 7) is 0. The number of rotatable bonds is 6. The molecule has 1 aromatic heterocycles. The SMILES string of the molecule is COc1ccc(-c2c(NC(=O)c3cccc([N+](=O)[O-])c3)sc3ccccc3c2=O)cc1OC. The first-order valence-electron chi connectivity index (χ1n) is 9.77. The van der Waals surface area contributed by atoms with E-state index in [0.717, 1.165) is 0 Å². The van der Waals surface area contributed by atoms with E-state index in [-0.39, 0.29) is 16.7 Å². The Bertz CT molecular complexity index is 1450. The van der Waals surface area contributed by atoms with Gasteiger partial charge >= 0.3 is 0 Å². The van der Waals surface area contributed by atoms with Gasteiger partial charge in [0.2, 0.25) is 0 Å². The molecule has 0 aliphatic heterocycles. The van der Waals surface area contributed by atoms with Gasteiger partial charge in [-0.25, -0.2) is 0 Å². The fourth-order valence-corrected chi connectivity index (χ4v) is 4.51. The average molecular weight is 462 g/mol. The number of benzene rings is 3. The summed E-state index contributed by atoms with van der Waals surface area (Å²) in [5, 5.41) is 14.7. The van der Waals surface area contributed by atoms with Crippen molar-refractivity contribution in [1.29, 1.82) is 0 Å². The lowest BCUT2D eigenvalue weighted by molar-refractivity contribution is -0.384. The highest BCUT2D eigenvalue weighted by Gasteiger charge is 2.20. The van der Waals surface area contributed by atoms with Gasteiger partial charge in [-0.2, -0.15) is 0 Å². The van der Waals surface area contributed by atoms with Gasteiger partial charge in [0.05, 0.1) is 24.7 Å². The first-order chi connectivity index (χ1) is 15.9. The number of carbonyl (C=O) groups excluding carboxylic acids is 1. The molecule has 4 rings (SSSR count). The van der Waals surface area contributed by atoms with E-state index in [0.29, 0.717) is 37.7 Å². The summed E-state index contributed by atoms with van der Waals surface area (Å²) in [5.41, 5.74) is 0.475.